The molecule has 0 bridgehead atoms. The number of likely N-dealkylation sites (tertiary alicyclic amines) is 1. The lowest BCUT2D eigenvalue weighted by molar-refractivity contribution is 0.0525. The van der Waals surface area contributed by atoms with E-state index in [1.807, 2.05) is 26.2 Å². The Morgan fingerprint density at radius 1 is 1.17 bits per heavy atom. The predicted octanol–water partition coefficient (Wildman–Crippen LogP) is 5.06. The number of fused-ring (bicyclic) bond motifs is 3. The molecular weight excluding hydrogens is 511 g/mol. The minimum atomic E-state index is -0.253. The third-order valence-corrected chi connectivity index (χ3v) is 6.54. The number of hydrogen-bond donors (Lipinski definition) is 0. The number of nitrogens with zero attached hydrogens (tertiary/aromatic N) is 4. The Hall–Kier alpha value is -2.03. The summed E-state index contributed by atoms with van der Waals surface area (Å²) in [7, 11) is 4.09. The van der Waals surface area contributed by atoms with Gasteiger partial charge in [-0.25, -0.2) is 4.79 Å². The maximum absolute atomic E-state index is 13.3. The zero-order valence-corrected chi connectivity index (χ0v) is 22.7. The van der Waals surface area contributed by atoms with Crippen LogP contribution in [0.15, 0.2) is 30.6 Å². The fourth-order valence-electron chi connectivity index (χ4n) is 5.01. The zero-order chi connectivity index (χ0) is 22.2. The van der Waals surface area contributed by atoms with Gasteiger partial charge in [-0.05, 0) is 52.0 Å². The predicted molar refractivity (Wildman–Crippen MR) is 145 cm³/mol. The van der Waals surface area contributed by atoms with Crippen molar-refractivity contribution in [3.8, 4) is 16.9 Å². The van der Waals surface area contributed by atoms with Crippen LogP contribution in [0.2, 0.25) is 0 Å². The molecule has 0 spiro atoms. The first-order valence-electron chi connectivity index (χ1n) is 11.4. The molecule has 0 aliphatic carbocycles. The SMILES string of the molecule is CCOC(=O)c1c(CN2CCCC2)n(C)c2cc(-c3cccnc3)c3c(c12)CN(C)CO3.Cl.Cl.Cl. The van der Waals surface area contributed by atoms with Crippen molar-refractivity contribution in [2.45, 2.75) is 32.9 Å². The molecule has 0 N–H and O–H groups in total. The highest BCUT2D eigenvalue weighted by atomic mass is 35.5. The number of aromatic nitrogens is 2. The number of aryl methyl sites for hydroxylation is 1. The van der Waals surface area contributed by atoms with Crippen molar-refractivity contribution < 1.29 is 14.3 Å². The molecule has 2 aromatic heterocycles. The summed E-state index contributed by atoms with van der Waals surface area (Å²) in [6.07, 6.45) is 6.05. The van der Waals surface area contributed by atoms with Crippen molar-refractivity contribution in [2.75, 3.05) is 33.5 Å². The van der Waals surface area contributed by atoms with E-state index in [-0.39, 0.29) is 43.2 Å². The maximum Gasteiger partial charge on any atom is 0.340 e. The highest BCUT2D eigenvalue weighted by molar-refractivity contribution is 6.09. The monoisotopic (exact) mass is 542 g/mol. The summed E-state index contributed by atoms with van der Waals surface area (Å²) in [5.74, 6) is 0.587. The molecule has 3 aromatic rings. The Kier molecular flexibility index (Phi) is 10.2. The Morgan fingerprint density at radius 3 is 2.57 bits per heavy atom. The molecule has 0 saturated carbocycles. The minimum absolute atomic E-state index is 0. The fraction of sp³-hybridized carbons (Fsp3) is 0.440. The average Bonchev–Trinajstić information content (AvgIpc) is 3.41. The van der Waals surface area contributed by atoms with Gasteiger partial charge in [-0.2, -0.15) is 0 Å². The summed E-state index contributed by atoms with van der Waals surface area (Å²) in [6.45, 7) is 6.30. The van der Waals surface area contributed by atoms with Gasteiger partial charge >= 0.3 is 5.97 Å². The van der Waals surface area contributed by atoms with Crippen LogP contribution in [0.5, 0.6) is 5.75 Å². The first-order chi connectivity index (χ1) is 15.6. The molecule has 192 valence electrons. The summed E-state index contributed by atoms with van der Waals surface area (Å²) < 4.78 is 14.0. The van der Waals surface area contributed by atoms with Gasteiger partial charge in [0.1, 0.15) is 12.5 Å². The topological polar surface area (TPSA) is 59.8 Å². The normalized spacial score (nSPS) is 15.4. The van der Waals surface area contributed by atoms with E-state index in [1.165, 1.54) is 12.8 Å². The Bertz CT molecular complexity index is 1160. The second-order valence-corrected chi connectivity index (χ2v) is 8.74. The lowest BCUT2D eigenvalue weighted by Crippen LogP contribution is -2.29. The smallest absolute Gasteiger partial charge is 0.340 e. The molecular formula is C25H33Cl3N4O3. The van der Waals surface area contributed by atoms with Crippen LogP contribution < -0.4 is 4.74 Å². The Morgan fingerprint density at radius 2 is 1.91 bits per heavy atom. The molecule has 0 unspecified atom stereocenters. The van der Waals surface area contributed by atoms with E-state index in [2.05, 4.69) is 38.5 Å². The number of rotatable bonds is 5. The Labute approximate surface area is 225 Å². The van der Waals surface area contributed by atoms with Gasteiger partial charge < -0.3 is 14.0 Å². The van der Waals surface area contributed by atoms with Gasteiger partial charge in [0.15, 0.2) is 0 Å². The van der Waals surface area contributed by atoms with Gasteiger partial charge in [-0.1, -0.05) is 6.07 Å². The van der Waals surface area contributed by atoms with E-state index >= 15 is 0 Å². The first-order valence-corrected chi connectivity index (χ1v) is 11.4. The summed E-state index contributed by atoms with van der Waals surface area (Å²) in [5.41, 5.74) is 5.79. The van der Waals surface area contributed by atoms with Crippen LogP contribution in [0.4, 0.5) is 0 Å². The number of benzene rings is 1. The van der Waals surface area contributed by atoms with Crippen LogP contribution in [0.3, 0.4) is 0 Å². The van der Waals surface area contributed by atoms with Crippen LogP contribution in [0.1, 0.15) is 41.4 Å². The number of carbonyl (C=O) groups is 1. The number of carbonyl (C=O) groups excluding carboxylic acids is 1. The van der Waals surface area contributed by atoms with Gasteiger partial charge in [0.2, 0.25) is 0 Å². The first kappa shape index (κ1) is 29.2. The summed E-state index contributed by atoms with van der Waals surface area (Å²) in [6, 6.07) is 6.14. The molecule has 2 aliphatic rings. The minimum Gasteiger partial charge on any atom is -0.477 e. The second kappa shape index (κ2) is 12.3. The van der Waals surface area contributed by atoms with E-state index in [1.54, 1.807) is 6.20 Å². The quantitative estimate of drug-likeness (QED) is 0.419. The maximum atomic E-state index is 13.3. The van der Waals surface area contributed by atoms with E-state index in [9.17, 15) is 4.79 Å². The van der Waals surface area contributed by atoms with Gasteiger partial charge in [0.05, 0.1) is 17.7 Å². The lowest BCUT2D eigenvalue weighted by Gasteiger charge is -2.28. The molecule has 0 radical (unpaired) electrons. The van der Waals surface area contributed by atoms with E-state index in [4.69, 9.17) is 9.47 Å². The summed E-state index contributed by atoms with van der Waals surface area (Å²) in [4.78, 5) is 22.1. The van der Waals surface area contributed by atoms with Crippen molar-refractivity contribution in [2.24, 2.45) is 7.05 Å². The molecule has 4 heterocycles. The molecule has 0 amide bonds. The third-order valence-electron chi connectivity index (χ3n) is 6.54. The van der Waals surface area contributed by atoms with E-state index < -0.39 is 0 Å². The van der Waals surface area contributed by atoms with Gasteiger partial charge in [0, 0.05) is 60.3 Å². The number of ether oxygens (including phenoxy) is 2. The largest absolute Gasteiger partial charge is 0.477 e. The molecule has 1 fully saturated rings. The molecule has 10 heteroatoms. The van der Waals surface area contributed by atoms with E-state index in [0.717, 1.165) is 58.7 Å². The van der Waals surface area contributed by atoms with Gasteiger partial charge in [-0.15, -0.1) is 37.2 Å². The number of pyridine rings is 1. The van der Waals surface area contributed by atoms with E-state index in [0.29, 0.717) is 25.4 Å². The fourth-order valence-corrected chi connectivity index (χ4v) is 5.01. The average molecular weight is 544 g/mol. The third kappa shape index (κ3) is 5.39. The molecule has 5 rings (SSSR count). The van der Waals surface area contributed by atoms with Crippen molar-refractivity contribution in [1.29, 1.82) is 0 Å². The number of halogens is 3. The molecule has 1 saturated heterocycles. The Balaban J connectivity index is 0.00000144. The molecule has 0 atom stereocenters. The molecule has 2 aliphatic heterocycles. The summed E-state index contributed by atoms with van der Waals surface area (Å²) in [5, 5.41) is 0.953. The van der Waals surface area contributed by atoms with Crippen molar-refractivity contribution >= 4 is 54.1 Å². The number of esters is 1. The van der Waals surface area contributed by atoms with Crippen LogP contribution in [-0.2, 0) is 24.9 Å². The van der Waals surface area contributed by atoms with Crippen molar-refractivity contribution in [3.63, 3.8) is 0 Å². The van der Waals surface area contributed by atoms with Crippen molar-refractivity contribution in [3.05, 3.63) is 47.4 Å². The molecule has 1 aromatic carbocycles. The molecule has 35 heavy (non-hydrogen) atoms. The van der Waals surface area contributed by atoms with Crippen molar-refractivity contribution in [1.82, 2.24) is 19.4 Å². The van der Waals surface area contributed by atoms with Crippen LogP contribution in [-0.4, -0.2) is 58.8 Å². The summed E-state index contributed by atoms with van der Waals surface area (Å²) >= 11 is 0. The highest BCUT2D eigenvalue weighted by Crippen LogP contribution is 2.44. The van der Waals surface area contributed by atoms with Crippen LogP contribution >= 0.6 is 37.2 Å². The standard InChI is InChI=1S/C25H30N4O3.3ClH/c1-4-31-25(30)23-21(15-29-10-5-6-11-29)28(3)20-12-18(17-8-7-9-26-13-17)24-19(22(20)23)14-27(2)16-32-24;;;/h7-9,12-13H,4-6,10-11,14-16H2,1-3H3;3*1H. The van der Waals surface area contributed by atoms with Gasteiger partial charge in [0.25, 0.3) is 0 Å². The zero-order valence-electron chi connectivity index (χ0n) is 20.3. The van der Waals surface area contributed by atoms with Crippen LogP contribution in [0, 0.1) is 0 Å². The number of hydrogen-bond acceptors (Lipinski definition) is 6. The van der Waals surface area contributed by atoms with Gasteiger partial charge in [-0.3, -0.25) is 14.8 Å². The lowest BCUT2D eigenvalue weighted by atomic mass is 9.96. The second-order valence-electron chi connectivity index (χ2n) is 8.74. The highest BCUT2D eigenvalue weighted by Gasteiger charge is 2.31. The van der Waals surface area contributed by atoms with Crippen LogP contribution in [0.25, 0.3) is 22.0 Å². The molecule has 7 nitrogen and oxygen atoms in total.